The first-order valence-corrected chi connectivity index (χ1v) is 10.7. The number of thiophene rings is 2. The van der Waals surface area contributed by atoms with E-state index in [1.54, 1.807) is 33.6 Å². The van der Waals surface area contributed by atoms with Crippen LogP contribution in [0.1, 0.15) is 15.3 Å². The van der Waals surface area contributed by atoms with Crippen molar-refractivity contribution in [3.8, 4) is 10.4 Å². The number of carbonyl (C=O) groups excluding carboxylic acids is 2. The highest BCUT2D eigenvalue weighted by atomic mass is 32.1. The summed E-state index contributed by atoms with van der Waals surface area (Å²) >= 11 is 3.33. The second-order valence-electron chi connectivity index (χ2n) is 6.44. The van der Waals surface area contributed by atoms with Crippen molar-refractivity contribution < 1.29 is 14.3 Å². The van der Waals surface area contributed by atoms with Crippen LogP contribution in [0.2, 0.25) is 0 Å². The molecule has 142 valence electrons. The number of benzene rings is 1. The molecule has 2 aromatic heterocycles. The average molecular weight is 410 g/mol. The van der Waals surface area contributed by atoms with E-state index in [0.29, 0.717) is 13.1 Å². The Morgan fingerprint density at radius 3 is 2.82 bits per heavy atom. The van der Waals surface area contributed by atoms with E-state index in [9.17, 15) is 9.59 Å². The Bertz CT molecular complexity index is 1000. The standard InChI is InChI=1S/C22H19NO3S2/c24-21(23-12-10-19-17(14-23)11-13-27-19)15-26-22(25)9-7-18-6-8-20(28-18)16-4-2-1-3-5-16/h1-9,11,13H,10,12,14-15H2/b9-7+. The summed E-state index contributed by atoms with van der Waals surface area (Å²) in [6.45, 7) is 1.06. The summed E-state index contributed by atoms with van der Waals surface area (Å²) < 4.78 is 5.13. The molecule has 1 aromatic carbocycles. The van der Waals surface area contributed by atoms with Gasteiger partial charge in [-0.05, 0) is 47.2 Å². The van der Waals surface area contributed by atoms with Gasteiger partial charge in [-0.15, -0.1) is 22.7 Å². The van der Waals surface area contributed by atoms with Crippen LogP contribution in [0.3, 0.4) is 0 Å². The topological polar surface area (TPSA) is 46.6 Å². The Morgan fingerprint density at radius 1 is 1.11 bits per heavy atom. The lowest BCUT2D eigenvalue weighted by Gasteiger charge is -2.26. The van der Waals surface area contributed by atoms with Crippen molar-refractivity contribution in [1.82, 2.24) is 4.90 Å². The van der Waals surface area contributed by atoms with Gasteiger partial charge in [0.15, 0.2) is 6.61 Å². The fourth-order valence-corrected chi connectivity index (χ4v) is 4.89. The molecule has 4 nitrogen and oxygen atoms in total. The van der Waals surface area contributed by atoms with Crippen molar-refractivity contribution in [2.45, 2.75) is 13.0 Å². The fraction of sp³-hybridized carbons (Fsp3) is 0.182. The fourth-order valence-electron chi connectivity index (χ4n) is 3.08. The van der Waals surface area contributed by atoms with Crippen molar-refractivity contribution in [2.75, 3.05) is 13.2 Å². The number of fused-ring (bicyclic) bond motifs is 1. The largest absolute Gasteiger partial charge is 0.452 e. The van der Waals surface area contributed by atoms with E-state index in [0.717, 1.165) is 21.7 Å². The predicted molar refractivity (Wildman–Crippen MR) is 113 cm³/mol. The zero-order valence-corrected chi connectivity index (χ0v) is 16.8. The third-order valence-corrected chi connectivity index (χ3v) is 6.69. The number of hydrogen-bond acceptors (Lipinski definition) is 5. The van der Waals surface area contributed by atoms with Gasteiger partial charge in [-0.3, -0.25) is 4.79 Å². The second-order valence-corrected chi connectivity index (χ2v) is 8.56. The highest BCUT2D eigenvalue weighted by molar-refractivity contribution is 7.16. The molecule has 1 amide bonds. The van der Waals surface area contributed by atoms with Gasteiger partial charge in [0.25, 0.3) is 5.91 Å². The lowest BCUT2D eigenvalue weighted by Crippen LogP contribution is -2.38. The van der Waals surface area contributed by atoms with Gasteiger partial charge in [0, 0.05) is 33.8 Å². The summed E-state index contributed by atoms with van der Waals surface area (Å²) in [7, 11) is 0. The van der Waals surface area contributed by atoms with Gasteiger partial charge in [-0.2, -0.15) is 0 Å². The van der Waals surface area contributed by atoms with Crippen molar-refractivity contribution >= 4 is 40.6 Å². The van der Waals surface area contributed by atoms with Gasteiger partial charge in [0.2, 0.25) is 0 Å². The molecule has 0 radical (unpaired) electrons. The number of carbonyl (C=O) groups is 2. The quantitative estimate of drug-likeness (QED) is 0.456. The van der Waals surface area contributed by atoms with Gasteiger partial charge in [-0.1, -0.05) is 30.3 Å². The Morgan fingerprint density at radius 2 is 1.96 bits per heavy atom. The molecule has 0 fully saturated rings. The van der Waals surface area contributed by atoms with Crippen LogP contribution in [0.25, 0.3) is 16.5 Å². The molecule has 0 N–H and O–H groups in total. The minimum absolute atomic E-state index is 0.152. The van der Waals surface area contributed by atoms with E-state index in [4.69, 9.17) is 4.74 Å². The minimum atomic E-state index is -0.503. The summed E-state index contributed by atoms with van der Waals surface area (Å²) in [4.78, 5) is 29.5. The van der Waals surface area contributed by atoms with Gasteiger partial charge in [0.1, 0.15) is 0 Å². The van der Waals surface area contributed by atoms with E-state index in [2.05, 4.69) is 23.6 Å². The summed E-state index contributed by atoms with van der Waals surface area (Å²) in [5.74, 6) is -0.655. The molecule has 4 rings (SSSR count). The highest BCUT2D eigenvalue weighted by Crippen LogP contribution is 2.28. The van der Waals surface area contributed by atoms with Crippen LogP contribution >= 0.6 is 22.7 Å². The van der Waals surface area contributed by atoms with Crippen LogP contribution in [0, 0.1) is 0 Å². The van der Waals surface area contributed by atoms with Crippen molar-refractivity contribution in [1.29, 1.82) is 0 Å². The summed E-state index contributed by atoms with van der Waals surface area (Å²) in [6.07, 6.45) is 3.97. The number of nitrogens with zero attached hydrogens (tertiary/aromatic N) is 1. The number of hydrogen-bond donors (Lipinski definition) is 0. The predicted octanol–water partition coefficient (Wildman–Crippen LogP) is 4.62. The van der Waals surface area contributed by atoms with E-state index in [1.165, 1.54) is 16.5 Å². The average Bonchev–Trinajstić information content (AvgIpc) is 3.40. The summed E-state index contributed by atoms with van der Waals surface area (Å²) in [5.41, 5.74) is 2.35. The zero-order valence-electron chi connectivity index (χ0n) is 15.2. The summed E-state index contributed by atoms with van der Waals surface area (Å²) in [5, 5.41) is 2.05. The monoisotopic (exact) mass is 409 g/mol. The van der Waals surface area contributed by atoms with Gasteiger partial charge < -0.3 is 9.64 Å². The molecule has 0 aliphatic carbocycles. The Balaban J connectivity index is 1.28. The maximum absolute atomic E-state index is 12.3. The molecule has 28 heavy (non-hydrogen) atoms. The lowest BCUT2D eigenvalue weighted by atomic mass is 10.1. The Hall–Kier alpha value is -2.70. The summed E-state index contributed by atoms with van der Waals surface area (Å²) in [6, 6.07) is 16.1. The van der Waals surface area contributed by atoms with Gasteiger partial charge in [0.05, 0.1) is 0 Å². The van der Waals surface area contributed by atoms with Crippen molar-refractivity contribution in [3.05, 3.63) is 75.3 Å². The molecule has 6 heteroatoms. The number of rotatable bonds is 5. The zero-order chi connectivity index (χ0) is 19.3. The minimum Gasteiger partial charge on any atom is -0.452 e. The normalized spacial score (nSPS) is 13.5. The second kappa shape index (κ2) is 8.54. The van der Waals surface area contributed by atoms with Crippen LogP contribution in [-0.2, 0) is 27.3 Å². The molecule has 0 unspecified atom stereocenters. The number of ether oxygens (including phenoxy) is 1. The van der Waals surface area contributed by atoms with E-state index >= 15 is 0 Å². The van der Waals surface area contributed by atoms with E-state index < -0.39 is 5.97 Å². The third-order valence-electron chi connectivity index (χ3n) is 4.57. The Labute approximate surface area is 171 Å². The maximum atomic E-state index is 12.3. The van der Waals surface area contributed by atoms with Gasteiger partial charge >= 0.3 is 5.97 Å². The molecular formula is C22H19NO3S2. The van der Waals surface area contributed by atoms with Crippen LogP contribution in [-0.4, -0.2) is 29.9 Å². The molecule has 0 saturated carbocycles. The van der Waals surface area contributed by atoms with Gasteiger partial charge in [-0.25, -0.2) is 4.79 Å². The van der Waals surface area contributed by atoms with Crippen LogP contribution < -0.4 is 0 Å². The van der Waals surface area contributed by atoms with E-state index in [-0.39, 0.29) is 12.5 Å². The number of amides is 1. The molecule has 1 aliphatic heterocycles. The molecule has 3 aromatic rings. The Kier molecular flexibility index (Phi) is 5.69. The first-order chi connectivity index (χ1) is 13.7. The van der Waals surface area contributed by atoms with Crippen molar-refractivity contribution in [3.63, 3.8) is 0 Å². The third kappa shape index (κ3) is 4.40. The highest BCUT2D eigenvalue weighted by Gasteiger charge is 2.22. The molecule has 1 aliphatic rings. The first kappa shape index (κ1) is 18.7. The van der Waals surface area contributed by atoms with Crippen LogP contribution in [0.4, 0.5) is 0 Å². The number of esters is 1. The first-order valence-electron chi connectivity index (χ1n) is 9.02. The van der Waals surface area contributed by atoms with Crippen LogP contribution in [0.5, 0.6) is 0 Å². The smallest absolute Gasteiger partial charge is 0.331 e. The van der Waals surface area contributed by atoms with E-state index in [1.807, 2.05) is 30.3 Å². The molecule has 0 saturated heterocycles. The molecule has 0 spiro atoms. The molecule has 3 heterocycles. The molecular weight excluding hydrogens is 390 g/mol. The molecule has 0 atom stereocenters. The van der Waals surface area contributed by atoms with Crippen molar-refractivity contribution in [2.24, 2.45) is 0 Å². The molecule has 0 bridgehead atoms. The lowest BCUT2D eigenvalue weighted by molar-refractivity contribution is -0.148. The van der Waals surface area contributed by atoms with Crippen LogP contribution in [0.15, 0.2) is 60.0 Å². The SMILES string of the molecule is O=C(/C=C/c1ccc(-c2ccccc2)s1)OCC(=O)N1CCc2sccc2C1. The maximum Gasteiger partial charge on any atom is 0.331 e.